The largest absolute Gasteiger partial charge is 0.354 e. The van der Waals surface area contributed by atoms with Gasteiger partial charge in [0.05, 0.1) is 17.1 Å². The molecule has 19 heavy (non-hydrogen) atoms. The number of para-hydroxylation sites is 1. The van der Waals surface area contributed by atoms with Crippen molar-refractivity contribution < 1.29 is 4.90 Å². The summed E-state index contributed by atoms with van der Waals surface area (Å²) in [6, 6.07) is 13.1. The van der Waals surface area contributed by atoms with E-state index in [-0.39, 0.29) is 0 Å². The molecule has 0 aliphatic carbocycles. The number of fused-ring (bicyclic) bond motifs is 3. The molecule has 1 aliphatic heterocycles. The van der Waals surface area contributed by atoms with Crippen LogP contribution in [-0.4, -0.2) is 11.5 Å². The molecule has 0 spiro atoms. The Hall–Kier alpha value is -1.58. The fourth-order valence-electron chi connectivity index (χ4n) is 3.14. The van der Waals surface area contributed by atoms with Crippen LogP contribution in [-0.2, 0) is 19.5 Å². The fraction of sp³-hybridized carbons (Fsp3) is 0.250. The highest BCUT2D eigenvalue weighted by atomic mass is 32.1. The van der Waals surface area contributed by atoms with Gasteiger partial charge in [-0.2, -0.15) is 0 Å². The van der Waals surface area contributed by atoms with Crippen LogP contribution in [0.25, 0.3) is 10.9 Å². The first-order valence-electron chi connectivity index (χ1n) is 6.84. The van der Waals surface area contributed by atoms with E-state index in [0.29, 0.717) is 0 Å². The minimum absolute atomic E-state index is 1.13. The summed E-state index contributed by atoms with van der Waals surface area (Å²) in [6.07, 6.45) is 1.19. The molecule has 0 fully saturated rings. The van der Waals surface area contributed by atoms with Gasteiger partial charge in [0.15, 0.2) is 0 Å². The van der Waals surface area contributed by atoms with E-state index in [0.717, 1.165) is 13.1 Å². The number of hydrogen-bond donors (Lipinski definition) is 2. The molecule has 0 saturated heterocycles. The van der Waals surface area contributed by atoms with Gasteiger partial charge in [0, 0.05) is 17.3 Å². The monoisotopic (exact) mass is 269 g/mol. The number of benzene rings is 1. The molecule has 1 aliphatic rings. The first-order chi connectivity index (χ1) is 9.40. The van der Waals surface area contributed by atoms with E-state index in [1.54, 1.807) is 10.5 Å². The second-order valence-corrected chi connectivity index (χ2v) is 6.34. The molecule has 0 radical (unpaired) electrons. The summed E-state index contributed by atoms with van der Waals surface area (Å²) < 4.78 is 0. The van der Waals surface area contributed by atoms with Crippen molar-refractivity contribution in [3.05, 3.63) is 57.9 Å². The van der Waals surface area contributed by atoms with Crippen molar-refractivity contribution in [1.82, 2.24) is 4.98 Å². The van der Waals surface area contributed by atoms with Crippen LogP contribution in [0.5, 0.6) is 0 Å². The van der Waals surface area contributed by atoms with Crippen LogP contribution in [0, 0.1) is 0 Å². The number of thiophene rings is 1. The Bertz CT molecular complexity index is 697. The fourth-order valence-corrected chi connectivity index (χ4v) is 3.92. The molecule has 0 bridgehead atoms. The van der Waals surface area contributed by atoms with E-state index in [1.807, 2.05) is 11.3 Å². The molecule has 3 aromatic rings. The molecule has 0 saturated carbocycles. The van der Waals surface area contributed by atoms with Gasteiger partial charge < -0.3 is 9.88 Å². The topological polar surface area (TPSA) is 20.2 Å². The first kappa shape index (κ1) is 11.3. The average molecular weight is 269 g/mol. The molecule has 2 nitrogen and oxygen atoms in total. The van der Waals surface area contributed by atoms with Crippen molar-refractivity contribution in [3.8, 4) is 0 Å². The summed E-state index contributed by atoms with van der Waals surface area (Å²) in [6.45, 7) is 3.53. The van der Waals surface area contributed by atoms with E-state index < -0.39 is 0 Å². The molecule has 96 valence electrons. The third-order valence-corrected chi connectivity index (χ3v) is 4.94. The van der Waals surface area contributed by atoms with Gasteiger partial charge in [0.1, 0.15) is 13.1 Å². The minimum atomic E-state index is 1.13. The van der Waals surface area contributed by atoms with Gasteiger partial charge in [-0.05, 0) is 23.1 Å². The third-order valence-electron chi connectivity index (χ3n) is 4.06. The normalized spacial score (nSPS) is 18.6. The molecule has 1 atom stereocenters. The van der Waals surface area contributed by atoms with Crippen LogP contribution in [0.2, 0.25) is 0 Å². The Kier molecular flexibility index (Phi) is 2.67. The number of hydrogen-bond acceptors (Lipinski definition) is 1. The van der Waals surface area contributed by atoms with Crippen molar-refractivity contribution in [3.63, 3.8) is 0 Å². The average Bonchev–Trinajstić information content (AvgIpc) is 3.05. The maximum absolute atomic E-state index is 3.61. The molecule has 4 rings (SSSR count). The van der Waals surface area contributed by atoms with Gasteiger partial charge in [-0.3, -0.25) is 0 Å². The first-order valence-corrected chi connectivity index (χ1v) is 7.72. The number of rotatable bonds is 2. The van der Waals surface area contributed by atoms with Gasteiger partial charge in [-0.15, -0.1) is 11.3 Å². The number of nitrogens with one attached hydrogen (secondary N) is 2. The van der Waals surface area contributed by atoms with E-state index in [4.69, 9.17) is 0 Å². The SMILES string of the molecule is c1csc(C[NH+]2CCc3c([nH]c4ccccc34)C2)c1. The van der Waals surface area contributed by atoms with E-state index in [2.05, 4.69) is 46.8 Å². The smallest absolute Gasteiger partial charge is 0.118 e. The molecule has 2 aromatic heterocycles. The maximum Gasteiger partial charge on any atom is 0.118 e. The lowest BCUT2D eigenvalue weighted by molar-refractivity contribution is -0.929. The summed E-state index contributed by atoms with van der Waals surface area (Å²) in [5, 5.41) is 3.60. The molecule has 1 aromatic carbocycles. The number of aromatic amines is 1. The number of quaternary nitrogens is 1. The number of H-pyrrole nitrogens is 1. The maximum atomic E-state index is 3.61. The molecule has 3 heteroatoms. The highest BCUT2D eigenvalue weighted by Crippen LogP contribution is 2.23. The quantitative estimate of drug-likeness (QED) is 0.712. The van der Waals surface area contributed by atoms with Crippen molar-refractivity contribution in [2.24, 2.45) is 0 Å². The van der Waals surface area contributed by atoms with E-state index >= 15 is 0 Å². The van der Waals surface area contributed by atoms with E-state index in [9.17, 15) is 0 Å². The zero-order valence-corrected chi connectivity index (χ0v) is 11.6. The summed E-state index contributed by atoms with van der Waals surface area (Å²) >= 11 is 1.87. The number of aromatic nitrogens is 1. The third kappa shape index (κ3) is 1.99. The Morgan fingerprint density at radius 2 is 2.11 bits per heavy atom. The van der Waals surface area contributed by atoms with Crippen molar-refractivity contribution in [2.45, 2.75) is 19.5 Å². The Balaban J connectivity index is 1.63. The zero-order valence-electron chi connectivity index (χ0n) is 10.8. The molecular weight excluding hydrogens is 252 g/mol. The molecular formula is C16H17N2S+. The highest BCUT2D eigenvalue weighted by Gasteiger charge is 2.23. The van der Waals surface area contributed by atoms with Crippen LogP contribution < -0.4 is 4.90 Å². The zero-order chi connectivity index (χ0) is 12.7. The van der Waals surface area contributed by atoms with Gasteiger partial charge in [0.25, 0.3) is 0 Å². The molecule has 0 amide bonds. The second kappa shape index (κ2) is 4.51. The molecule has 3 heterocycles. The molecule has 2 N–H and O–H groups in total. The van der Waals surface area contributed by atoms with Crippen LogP contribution in [0.3, 0.4) is 0 Å². The van der Waals surface area contributed by atoms with Crippen molar-refractivity contribution in [1.29, 1.82) is 0 Å². The van der Waals surface area contributed by atoms with Crippen LogP contribution in [0.15, 0.2) is 41.8 Å². The van der Waals surface area contributed by atoms with E-state index in [1.165, 1.54) is 34.4 Å². The predicted molar refractivity (Wildman–Crippen MR) is 79.6 cm³/mol. The van der Waals surface area contributed by atoms with Gasteiger partial charge in [-0.25, -0.2) is 0 Å². The summed E-state index contributed by atoms with van der Waals surface area (Å²) in [5.41, 5.74) is 4.29. The second-order valence-electron chi connectivity index (χ2n) is 5.31. The summed E-state index contributed by atoms with van der Waals surface area (Å²) in [7, 11) is 0. The van der Waals surface area contributed by atoms with Crippen LogP contribution in [0.1, 0.15) is 16.1 Å². The lowest BCUT2D eigenvalue weighted by atomic mass is 10.0. The lowest BCUT2D eigenvalue weighted by Crippen LogP contribution is -3.10. The van der Waals surface area contributed by atoms with Crippen LogP contribution >= 0.6 is 11.3 Å². The van der Waals surface area contributed by atoms with Crippen molar-refractivity contribution >= 4 is 22.2 Å². The Morgan fingerprint density at radius 1 is 1.16 bits per heavy atom. The van der Waals surface area contributed by atoms with Crippen LogP contribution in [0.4, 0.5) is 0 Å². The summed E-state index contributed by atoms with van der Waals surface area (Å²) in [4.78, 5) is 6.77. The summed E-state index contributed by atoms with van der Waals surface area (Å²) in [5.74, 6) is 0. The Labute approximate surface area is 116 Å². The lowest BCUT2D eigenvalue weighted by Gasteiger charge is -2.23. The highest BCUT2D eigenvalue weighted by molar-refractivity contribution is 7.09. The van der Waals surface area contributed by atoms with Gasteiger partial charge >= 0.3 is 0 Å². The van der Waals surface area contributed by atoms with Gasteiger partial charge in [-0.1, -0.05) is 24.3 Å². The van der Waals surface area contributed by atoms with Crippen molar-refractivity contribution in [2.75, 3.05) is 6.54 Å². The predicted octanol–water partition coefficient (Wildman–Crippen LogP) is 2.37. The van der Waals surface area contributed by atoms with Gasteiger partial charge in [0.2, 0.25) is 0 Å². The molecule has 1 unspecified atom stereocenters. The Morgan fingerprint density at radius 3 is 3.00 bits per heavy atom. The minimum Gasteiger partial charge on any atom is -0.354 e. The standard InChI is InChI=1S/C16H16N2S/c1-2-6-15-13(5-1)14-7-8-18(11-16(14)17-15)10-12-4-3-9-19-12/h1-6,9,17H,7-8,10-11H2/p+1.